The van der Waals surface area contributed by atoms with Crippen molar-refractivity contribution in [2.75, 3.05) is 20.1 Å². The summed E-state index contributed by atoms with van der Waals surface area (Å²) in [4.78, 5) is 14.0. The van der Waals surface area contributed by atoms with Crippen LogP contribution in [0, 0.1) is 5.92 Å². The molecule has 1 aromatic rings. The van der Waals surface area contributed by atoms with Crippen molar-refractivity contribution in [2.24, 2.45) is 5.92 Å². The number of likely N-dealkylation sites (tertiary alicyclic amines) is 1. The van der Waals surface area contributed by atoms with Crippen molar-refractivity contribution in [1.82, 2.24) is 14.9 Å². The molecule has 1 fully saturated rings. The number of amides is 1. The van der Waals surface area contributed by atoms with Crippen LogP contribution in [0.4, 0.5) is 0 Å². The second kappa shape index (κ2) is 9.52. The van der Waals surface area contributed by atoms with Crippen molar-refractivity contribution in [3.05, 3.63) is 29.8 Å². The van der Waals surface area contributed by atoms with E-state index in [0.717, 1.165) is 38.0 Å². The van der Waals surface area contributed by atoms with Crippen molar-refractivity contribution < 1.29 is 13.2 Å². The summed E-state index contributed by atoms with van der Waals surface area (Å²) in [5.74, 6) is 0.493. The predicted molar refractivity (Wildman–Crippen MR) is 101 cm³/mol. The molecule has 1 saturated heterocycles. The van der Waals surface area contributed by atoms with Gasteiger partial charge >= 0.3 is 0 Å². The van der Waals surface area contributed by atoms with E-state index in [0.29, 0.717) is 5.92 Å². The number of hydrogen-bond acceptors (Lipinski definition) is 4. The second-order valence-electron chi connectivity index (χ2n) is 6.40. The molecule has 1 aliphatic rings. The molecule has 1 aromatic carbocycles. The van der Waals surface area contributed by atoms with Gasteiger partial charge in [0, 0.05) is 32.6 Å². The van der Waals surface area contributed by atoms with Crippen LogP contribution in [0.2, 0.25) is 0 Å². The summed E-state index contributed by atoms with van der Waals surface area (Å²) in [5, 5.41) is 3.06. The lowest BCUT2D eigenvalue weighted by Crippen LogP contribution is -2.39. The van der Waals surface area contributed by atoms with Gasteiger partial charge in [0.25, 0.3) is 0 Å². The molecule has 2 N–H and O–H groups in total. The largest absolute Gasteiger partial charge is 0.352 e. The first kappa shape index (κ1) is 21.9. The summed E-state index contributed by atoms with van der Waals surface area (Å²) in [7, 11) is -1.99. The van der Waals surface area contributed by atoms with Crippen LogP contribution in [-0.2, 0) is 21.4 Å². The summed E-state index contributed by atoms with van der Waals surface area (Å²) in [6.07, 6.45) is 2.20. The molecule has 8 heteroatoms. The molecule has 1 amide bonds. The highest BCUT2D eigenvalue weighted by atomic mass is 35.5. The van der Waals surface area contributed by atoms with Crippen LogP contribution < -0.4 is 10.0 Å². The number of nitrogens with one attached hydrogen (secondary N) is 2. The fourth-order valence-electron chi connectivity index (χ4n) is 3.33. The third-order valence-corrected chi connectivity index (χ3v) is 5.90. The maximum atomic E-state index is 11.8. The maximum Gasteiger partial charge on any atom is 0.240 e. The molecule has 1 aliphatic heterocycles. The number of sulfonamides is 1. The van der Waals surface area contributed by atoms with Crippen LogP contribution in [0.15, 0.2) is 29.2 Å². The van der Waals surface area contributed by atoms with Gasteiger partial charge < -0.3 is 5.32 Å². The highest BCUT2D eigenvalue weighted by Gasteiger charge is 2.32. The minimum Gasteiger partial charge on any atom is -0.352 e. The Morgan fingerprint density at radius 1 is 1.24 bits per heavy atom. The van der Waals surface area contributed by atoms with E-state index in [1.54, 1.807) is 19.1 Å². The predicted octanol–water partition coefficient (Wildman–Crippen LogP) is 1.75. The zero-order chi connectivity index (χ0) is 17.7. The Hall–Kier alpha value is -1.15. The van der Waals surface area contributed by atoms with Crippen molar-refractivity contribution >= 4 is 28.3 Å². The number of hydrogen-bond donors (Lipinski definition) is 2. The molecule has 25 heavy (non-hydrogen) atoms. The quantitative estimate of drug-likeness (QED) is 0.744. The molecule has 0 aliphatic carbocycles. The topological polar surface area (TPSA) is 78.5 Å². The molecule has 0 bridgehead atoms. The minimum atomic E-state index is -3.39. The Labute approximate surface area is 156 Å². The summed E-state index contributed by atoms with van der Waals surface area (Å²) in [5.41, 5.74) is 1.07. The molecule has 2 atom stereocenters. The van der Waals surface area contributed by atoms with E-state index in [1.165, 1.54) is 7.05 Å². The van der Waals surface area contributed by atoms with Crippen molar-refractivity contribution in [1.29, 1.82) is 0 Å². The lowest BCUT2D eigenvalue weighted by atomic mass is 9.98. The van der Waals surface area contributed by atoms with Gasteiger partial charge in [0.1, 0.15) is 0 Å². The van der Waals surface area contributed by atoms with Gasteiger partial charge in [0.05, 0.1) is 4.90 Å². The van der Waals surface area contributed by atoms with Crippen LogP contribution >= 0.6 is 12.4 Å². The van der Waals surface area contributed by atoms with E-state index >= 15 is 0 Å². The Bertz CT molecular complexity index is 664. The Morgan fingerprint density at radius 2 is 1.88 bits per heavy atom. The van der Waals surface area contributed by atoms with E-state index in [9.17, 15) is 13.2 Å². The van der Waals surface area contributed by atoms with Gasteiger partial charge in [-0.25, -0.2) is 13.1 Å². The van der Waals surface area contributed by atoms with Crippen LogP contribution in [0.25, 0.3) is 0 Å². The summed E-state index contributed by atoms with van der Waals surface area (Å²) < 4.78 is 25.8. The van der Waals surface area contributed by atoms with E-state index in [1.807, 2.05) is 12.1 Å². The molecular formula is C17H28ClN3O3S. The SMILES string of the molecule is CCC[C@H]1CN(Cc2ccc(S(=O)(=O)NC)cc2)C[C@@H]1NC(C)=O.Cl. The maximum absolute atomic E-state index is 11.8. The molecule has 0 aromatic heterocycles. The van der Waals surface area contributed by atoms with Crippen LogP contribution in [-0.4, -0.2) is 45.4 Å². The van der Waals surface area contributed by atoms with Gasteiger partial charge in [-0.15, -0.1) is 12.4 Å². The van der Waals surface area contributed by atoms with Crippen molar-refractivity contribution in [3.8, 4) is 0 Å². The second-order valence-corrected chi connectivity index (χ2v) is 8.29. The van der Waals surface area contributed by atoms with E-state index in [-0.39, 0.29) is 29.3 Å². The molecular weight excluding hydrogens is 362 g/mol. The molecule has 0 unspecified atom stereocenters. The molecule has 142 valence electrons. The molecule has 0 spiro atoms. The summed E-state index contributed by atoms with van der Waals surface area (Å²) >= 11 is 0. The molecule has 0 radical (unpaired) electrons. The number of nitrogens with zero attached hydrogens (tertiary/aromatic N) is 1. The molecule has 2 rings (SSSR count). The smallest absolute Gasteiger partial charge is 0.240 e. The van der Waals surface area contributed by atoms with E-state index in [4.69, 9.17) is 0 Å². The number of carbonyl (C=O) groups excluding carboxylic acids is 1. The first-order valence-corrected chi connectivity index (χ1v) is 9.86. The molecule has 6 nitrogen and oxygen atoms in total. The monoisotopic (exact) mass is 389 g/mol. The fourth-order valence-corrected chi connectivity index (χ4v) is 4.06. The Morgan fingerprint density at radius 3 is 2.40 bits per heavy atom. The van der Waals surface area contributed by atoms with Gasteiger partial charge in [-0.05, 0) is 37.1 Å². The number of benzene rings is 1. The average molecular weight is 390 g/mol. The van der Waals surface area contributed by atoms with Gasteiger partial charge in [0.15, 0.2) is 0 Å². The first-order chi connectivity index (χ1) is 11.4. The average Bonchev–Trinajstić information content (AvgIpc) is 2.89. The summed E-state index contributed by atoms with van der Waals surface area (Å²) in [6, 6.07) is 7.17. The third-order valence-electron chi connectivity index (χ3n) is 4.47. The number of rotatable bonds is 7. The first-order valence-electron chi connectivity index (χ1n) is 8.37. The minimum absolute atomic E-state index is 0. The van der Waals surface area contributed by atoms with Crippen molar-refractivity contribution in [3.63, 3.8) is 0 Å². The zero-order valence-electron chi connectivity index (χ0n) is 15.0. The lowest BCUT2D eigenvalue weighted by molar-refractivity contribution is -0.119. The molecule has 1 heterocycles. The highest BCUT2D eigenvalue weighted by Crippen LogP contribution is 2.23. The molecule has 0 saturated carbocycles. The lowest BCUT2D eigenvalue weighted by Gasteiger charge is -2.18. The van der Waals surface area contributed by atoms with Gasteiger partial charge in [-0.1, -0.05) is 25.5 Å². The zero-order valence-corrected chi connectivity index (χ0v) is 16.6. The van der Waals surface area contributed by atoms with Gasteiger partial charge in [-0.3, -0.25) is 9.69 Å². The van der Waals surface area contributed by atoms with E-state index < -0.39 is 10.0 Å². The fraction of sp³-hybridized carbons (Fsp3) is 0.588. The standard InChI is InChI=1S/C17H27N3O3S.ClH/c1-4-5-15-11-20(12-17(15)19-13(2)21)10-14-6-8-16(9-7-14)24(22,23)18-3;/h6-9,15,17-18H,4-5,10-12H2,1-3H3,(H,19,21);1H/t15-,17-;/m0./s1. The normalized spacial score (nSPS) is 20.9. The Kier molecular flexibility index (Phi) is 8.34. The van der Waals surface area contributed by atoms with Crippen LogP contribution in [0.1, 0.15) is 32.3 Å². The number of halogens is 1. The third kappa shape index (κ3) is 5.95. The van der Waals surface area contributed by atoms with Gasteiger partial charge in [0.2, 0.25) is 15.9 Å². The van der Waals surface area contributed by atoms with E-state index in [2.05, 4.69) is 21.9 Å². The highest BCUT2D eigenvalue weighted by molar-refractivity contribution is 7.89. The Balaban J connectivity index is 0.00000312. The van der Waals surface area contributed by atoms with Crippen LogP contribution in [0.5, 0.6) is 0 Å². The number of carbonyl (C=O) groups is 1. The van der Waals surface area contributed by atoms with Gasteiger partial charge in [-0.2, -0.15) is 0 Å². The summed E-state index contributed by atoms with van der Waals surface area (Å²) in [6.45, 7) is 6.27. The van der Waals surface area contributed by atoms with Crippen LogP contribution in [0.3, 0.4) is 0 Å². The van der Waals surface area contributed by atoms with Crippen molar-refractivity contribution in [2.45, 2.75) is 44.2 Å².